The van der Waals surface area contributed by atoms with Gasteiger partial charge in [0.1, 0.15) is 5.82 Å². The molecule has 1 aliphatic rings. The van der Waals surface area contributed by atoms with Crippen LogP contribution in [-0.2, 0) is 11.2 Å². The van der Waals surface area contributed by atoms with Crippen molar-refractivity contribution in [2.24, 2.45) is 0 Å². The van der Waals surface area contributed by atoms with Crippen molar-refractivity contribution in [1.82, 2.24) is 14.9 Å². The number of thiazole rings is 1. The van der Waals surface area contributed by atoms with Crippen molar-refractivity contribution in [2.45, 2.75) is 38.6 Å². The number of rotatable bonds is 5. The maximum atomic E-state index is 12.6. The van der Waals surface area contributed by atoms with Crippen molar-refractivity contribution in [3.05, 3.63) is 34.4 Å². The minimum atomic E-state index is 0.188. The number of carbonyl (C=O) groups excluding carboxylic acids is 1. The van der Waals surface area contributed by atoms with Gasteiger partial charge < -0.3 is 15.1 Å². The predicted molar refractivity (Wildman–Crippen MR) is 107 cm³/mol. The van der Waals surface area contributed by atoms with Crippen LogP contribution in [0.3, 0.4) is 0 Å². The molecule has 0 aromatic carbocycles. The molecular weight excluding hydrogens is 346 g/mol. The molecule has 1 N–H and O–H groups in total. The summed E-state index contributed by atoms with van der Waals surface area (Å²) in [6.45, 7) is 3.60. The average Bonchev–Trinajstić information content (AvgIpc) is 2.88. The van der Waals surface area contributed by atoms with Gasteiger partial charge in [0.05, 0.1) is 29.0 Å². The van der Waals surface area contributed by atoms with Crippen LogP contribution in [0.4, 0.5) is 11.5 Å². The molecule has 3 rings (SSSR count). The highest BCUT2D eigenvalue weighted by Gasteiger charge is 2.21. The van der Waals surface area contributed by atoms with E-state index in [1.54, 1.807) is 11.3 Å². The number of pyridine rings is 1. The van der Waals surface area contributed by atoms with Crippen molar-refractivity contribution >= 4 is 28.7 Å². The number of carbonyl (C=O) groups is 1. The van der Waals surface area contributed by atoms with Crippen molar-refractivity contribution < 1.29 is 4.79 Å². The fourth-order valence-electron chi connectivity index (χ4n) is 3.22. The van der Waals surface area contributed by atoms with Crippen molar-refractivity contribution in [3.63, 3.8) is 0 Å². The van der Waals surface area contributed by atoms with Crippen LogP contribution in [-0.4, -0.2) is 54.0 Å². The van der Waals surface area contributed by atoms with E-state index in [4.69, 9.17) is 0 Å². The zero-order valence-corrected chi connectivity index (χ0v) is 16.6. The first-order valence-corrected chi connectivity index (χ1v) is 9.98. The molecule has 0 saturated carbocycles. The van der Waals surface area contributed by atoms with E-state index < -0.39 is 0 Å². The van der Waals surface area contributed by atoms with E-state index in [-0.39, 0.29) is 5.91 Å². The first-order chi connectivity index (χ1) is 12.5. The second-order valence-electron chi connectivity index (χ2n) is 6.99. The first-order valence-electron chi connectivity index (χ1n) is 9.10. The molecule has 2 aromatic rings. The number of nitrogens with zero attached hydrogens (tertiary/aromatic N) is 4. The van der Waals surface area contributed by atoms with Crippen LogP contribution < -0.4 is 10.2 Å². The molecule has 140 valence electrons. The Morgan fingerprint density at radius 3 is 2.85 bits per heavy atom. The number of hydrogen-bond acceptors (Lipinski definition) is 6. The monoisotopic (exact) mass is 373 g/mol. The fraction of sp³-hybridized carbons (Fsp3) is 0.526. The van der Waals surface area contributed by atoms with Crippen LogP contribution in [0, 0.1) is 6.92 Å². The molecule has 0 aliphatic carbocycles. The van der Waals surface area contributed by atoms with Gasteiger partial charge in [0.25, 0.3) is 0 Å². The van der Waals surface area contributed by atoms with Crippen LogP contribution >= 0.6 is 11.3 Å². The second kappa shape index (κ2) is 8.49. The molecule has 3 heterocycles. The van der Waals surface area contributed by atoms with Gasteiger partial charge in [-0.05, 0) is 38.3 Å². The van der Waals surface area contributed by atoms with E-state index in [9.17, 15) is 4.79 Å². The van der Waals surface area contributed by atoms with Crippen LogP contribution in [0.15, 0.2) is 23.7 Å². The Morgan fingerprint density at radius 1 is 1.35 bits per heavy atom. The lowest BCUT2D eigenvalue weighted by atomic mass is 10.1. The predicted octanol–water partition coefficient (Wildman–Crippen LogP) is 2.95. The summed E-state index contributed by atoms with van der Waals surface area (Å²) < 4.78 is 0. The van der Waals surface area contributed by atoms with Gasteiger partial charge in [0, 0.05) is 38.6 Å². The van der Waals surface area contributed by atoms with E-state index >= 15 is 0 Å². The summed E-state index contributed by atoms with van der Waals surface area (Å²) >= 11 is 1.60. The Morgan fingerprint density at radius 2 is 2.19 bits per heavy atom. The van der Waals surface area contributed by atoms with Gasteiger partial charge in [-0.1, -0.05) is 0 Å². The topological polar surface area (TPSA) is 61.4 Å². The minimum Gasteiger partial charge on any atom is -0.381 e. The average molecular weight is 374 g/mol. The lowest BCUT2D eigenvalue weighted by Gasteiger charge is -2.21. The summed E-state index contributed by atoms with van der Waals surface area (Å²) in [6, 6.07) is 4.46. The molecule has 2 aromatic heterocycles. The van der Waals surface area contributed by atoms with Gasteiger partial charge in [-0.2, -0.15) is 0 Å². The van der Waals surface area contributed by atoms with Crippen molar-refractivity contribution in [2.75, 3.05) is 37.4 Å². The molecule has 0 radical (unpaired) electrons. The Balaban J connectivity index is 1.52. The number of anilines is 2. The highest BCUT2D eigenvalue weighted by atomic mass is 32.1. The highest BCUT2D eigenvalue weighted by molar-refractivity contribution is 7.09. The Kier molecular flexibility index (Phi) is 6.08. The number of nitrogens with one attached hydrogen (secondary N) is 1. The molecule has 26 heavy (non-hydrogen) atoms. The van der Waals surface area contributed by atoms with E-state index in [2.05, 4.69) is 21.4 Å². The molecule has 1 atom stereocenters. The molecule has 1 fully saturated rings. The summed E-state index contributed by atoms with van der Waals surface area (Å²) in [5, 5.41) is 6.57. The van der Waals surface area contributed by atoms with Crippen molar-refractivity contribution in [3.8, 4) is 0 Å². The molecule has 0 unspecified atom stereocenters. The lowest BCUT2D eigenvalue weighted by Crippen LogP contribution is -2.33. The molecule has 1 amide bonds. The number of likely N-dealkylation sites (tertiary alicyclic amines) is 1. The third kappa shape index (κ3) is 4.94. The smallest absolute Gasteiger partial charge is 0.228 e. The number of hydrogen-bond donors (Lipinski definition) is 1. The molecule has 6 nitrogen and oxygen atoms in total. The number of aryl methyl sites for hydroxylation is 1. The Bertz CT molecular complexity index is 728. The summed E-state index contributed by atoms with van der Waals surface area (Å²) in [5.41, 5.74) is 1.93. The molecule has 0 bridgehead atoms. The van der Waals surface area contributed by atoms with Crippen molar-refractivity contribution in [1.29, 1.82) is 0 Å². The van der Waals surface area contributed by atoms with E-state index in [0.717, 1.165) is 54.6 Å². The quantitative estimate of drug-likeness (QED) is 0.873. The third-order valence-corrected chi connectivity index (χ3v) is 5.48. The summed E-state index contributed by atoms with van der Waals surface area (Å²) in [4.78, 5) is 25.4. The van der Waals surface area contributed by atoms with Crippen LogP contribution in [0.1, 0.15) is 30.0 Å². The highest BCUT2D eigenvalue weighted by Crippen LogP contribution is 2.19. The summed E-state index contributed by atoms with van der Waals surface area (Å²) in [6.07, 6.45) is 5.33. The molecule has 0 spiro atoms. The fourth-order valence-corrected chi connectivity index (χ4v) is 3.83. The second-order valence-corrected chi connectivity index (χ2v) is 8.05. The van der Waals surface area contributed by atoms with E-state index in [1.807, 2.05) is 48.5 Å². The normalized spacial score (nSPS) is 17.7. The number of aromatic nitrogens is 2. The van der Waals surface area contributed by atoms with Gasteiger partial charge in [-0.15, -0.1) is 11.3 Å². The molecule has 1 saturated heterocycles. The number of amides is 1. The Labute approximate surface area is 159 Å². The largest absolute Gasteiger partial charge is 0.381 e. The van der Waals surface area contributed by atoms with E-state index in [1.165, 1.54) is 0 Å². The molecular formula is C19H27N5OS. The van der Waals surface area contributed by atoms with Crippen LogP contribution in [0.25, 0.3) is 0 Å². The summed E-state index contributed by atoms with van der Waals surface area (Å²) in [5.74, 6) is 1.14. The lowest BCUT2D eigenvalue weighted by molar-refractivity contribution is -0.130. The SMILES string of the molecule is Cc1nc(CC(=O)N2CCC[C@H](Nc3ccc(N(C)C)nc3)CC2)cs1. The van der Waals surface area contributed by atoms with Gasteiger partial charge in [0.15, 0.2) is 0 Å². The zero-order chi connectivity index (χ0) is 18.5. The third-order valence-electron chi connectivity index (χ3n) is 4.66. The van der Waals surface area contributed by atoms with Crippen LogP contribution in [0.5, 0.6) is 0 Å². The van der Waals surface area contributed by atoms with Crippen LogP contribution in [0.2, 0.25) is 0 Å². The Hall–Kier alpha value is -2.15. The van der Waals surface area contributed by atoms with Gasteiger partial charge in [-0.25, -0.2) is 9.97 Å². The van der Waals surface area contributed by atoms with Gasteiger partial charge in [0.2, 0.25) is 5.91 Å². The van der Waals surface area contributed by atoms with Gasteiger partial charge >= 0.3 is 0 Å². The molecule has 1 aliphatic heterocycles. The summed E-state index contributed by atoms with van der Waals surface area (Å²) in [7, 11) is 3.97. The zero-order valence-electron chi connectivity index (χ0n) is 15.7. The minimum absolute atomic E-state index is 0.188. The first kappa shape index (κ1) is 18.6. The maximum absolute atomic E-state index is 12.6. The van der Waals surface area contributed by atoms with E-state index in [0.29, 0.717) is 12.5 Å². The standard InChI is InChI=1S/C19H27N5OS/c1-14-21-17(13-26-14)11-19(25)24-9-4-5-15(8-10-24)22-16-6-7-18(20-12-16)23(2)3/h6-7,12-13,15,22H,4-5,8-11H2,1-3H3/t15-/m0/s1. The van der Waals surface area contributed by atoms with Gasteiger partial charge in [-0.3, -0.25) is 4.79 Å². The molecule has 7 heteroatoms. The maximum Gasteiger partial charge on any atom is 0.228 e.